The van der Waals surface area contributed by atoms with Gasteiger partial charge in [-0.2, -0.15) is 19.9 Å². The summed E-state index contributed by atoms with van der Waals surface area (Å²) in [6.07, 6.45) is 3.72. The average Bonchev–Trinajstić information content (AvgIpc) is 2.96. The maximum Gasteiger partial charge on any atom is 0.272 e. The van der Waals surface area contributed by atoms with Gasteiger partial charge in [0.2, 0.25) is 0 Å². The summed E-state index contributed by atoms with van der Waals surface area (Å²) in [5.74, 6) is -0.560. The number of carbonyl (C=O) groups excluding carboxylic acids is 2. The van der Waals surface area contributed by atoms with Gasteiger partial charge in [0.1, 0.15) is 11.6 Å². The third kappa shape index (κ3) is 1.69. The van der Waals surface area contributed by atoms with Crippen LogP contribution in [-0.4, -0.2) is 31.4 Å². The molecule has 8 nitrogen and oxygen atoms in total. The SMILES string of the molecule is Cc1cc(NN2C(=O)C=CC2=O)n2ncc(C#N)c2n1. The first-order valence-corrected chi connectivity index (χ1v) is 5.68. The predicted molar refractivity (Wildman–Crippen MR) is 67.1 cm³/mol. The van der Waals surface area contributed by atoms with Crippen molar-refractivity contribution in [1.29, 1.82) is 5.26 Å². The molecule has 0 spiro atoms. The van der Waals surface area contributed by atoms with E-state index >= 15 is 0 Å². The first-order chi connectivity index (χ1) is 9.60. The lowest BCUT2D eigenvalue weighted by Gasteiger charge is -2.17. The monoisotopic (exact) mass is 268 g/mol. The smallest absolute Gasteiger partial charge is 0.271 e. The number of aryl methyl sites for hydroxylation is 1. The van der Waals surface area contributed by atoms with Crippen molar-refractivity contribution in [3.8, 4) is 6.07 Å². The second kappa shape index (κ2) is 4.17. The summed E-state index contributed by atoms with van der Waals surface area (Å²) in [7, 11) is 0. The molecule has 8 heteroatoms. The van der Waals surface area contributed by atoms with Crippen LogP contribution in [0.2, 0.25) is 0 Å². The van der Waals surface area contributed by atoms with Gasteiger partial charge in [-0.1, -0.05) is 0 Å². The summed E-state index contributed by atoms with van der Waals surface area (Å²) in [6.45, 7) is 1.74. The van der Waals surface area contributed by atoms with E-state index in [1.165, 1.54) is 22.9 Å². The van der Waals surface area contributed by atoms with Crippen LogP contribution < -0.4 is 5.43 Å². The number of nitrogens with one attached hydrogen (secondary N) is 1. The van der Waals surface area contributed by atoms with Crippen LogP contribution in [-0.2, 0) is 9.59 Å². The summed E-state index contributed by atoms with van der Waals surface area (Å²) < 4.78 is 1.37. The van der Waals surface area contributed by atoms with Crippen LogP contribution in [0, 0.1) is 18.3 Å². The molecule has 1 aliphatic rings. The lowest BCUT2D eigenvalue weighted by atomic mass is 10.3. The molecule has 2 aromatic rings. The molecule has 1 N–H and O–H groups in total. The lowest BCUT2D eigenvalue weighted by molar-refractivity contribution is -0.135. The normalized spacial score (nSPS) is 14.1. The maximum atomic E-state index is 11.5. The summed E-state index contributed by atoms with van der Waals surface area (Å²) in [5.41, 5.74) is 3.99. The number of hydrazine groups is 1. The van der Waals surface area contributed by atoms with Crippen LogP contribution in [0.15, 0.2) is 24.4 Å². The molecule has 0 bridgehead atoms. The van der Waals surface area contributed by atoms with E-state index in [4.69, 9.17) is 5.26 Å². The molecule has 2 aromatic heterocycles. The second-order valence-electron chi connectivity index (χ2n) is 4.15. The lowest BCUT2D eigenvalue weighted by Crippen LogP contribution is -2.36. The molecule has 0 unspecified atom stereocenters. The topological polar surface area (TPSA) is 103 Å². The zero-order valence-electron chi connectivity index (χ0n) is 10.4. The number of carbonyl (C=O) groups is 2. The summed E-state index contributed by atoms with van der Waals surface area (Å²) in [5, 5.41) is 13.9. The van der Waals surface area contributed by atoms with E-state index in [0.29, 0.717) is 22.7 Å². The van der Waals surface area contributed by atoms with Crippen molar-refractivity contribution in [1.82, 2.24) is 19.6 Å². The third-order valence-electron chi connectivity index (χ3n) is 2.76. The molecule has 0 radical (unpaired) electrons. The van der Waals surface area contributed by atoms with Crippen LogP contribution in [0.3, 0.4) is 0 Å². The fourth-order valence-electron chi connectivity index (χ4n) is 1.87. The molecule has 3 rings (SSSR count). The Morgan fingerprint density at radius 3 is 2.65 bits per heavy atom. The standard InChI is InChI=1S/C12H8N6O2/c1-7-4-9(16-18-10(19)2-3-11(18)20)17-12(15-7)8(5-13)6-14-17/h2-4,6,16H,1H3. The highest BCUT2D eigenvalue weighted by atomic mass is 16.2. The highest BCUT2D eigenvalue weighted by Gasteiger charge is 2.24. The van der Waals surface area contributed by atoms with E-state index in [0.717, 1.165) is 5.01 Å². The fraction of sp³-hybridized carbons (Fsp3) is 0.0833. The minimum atomic E-state index is -0.467. The second-order valence-corrected chi connectivity index (χ2v) is 4.15. The van der Waals surface area contributed by atoms with Gasteiger partial charge >= 0.3 is 0 Å². The largest absolute Gasteiger partial charge is 0.272 e. The van der Waals surface area contributed by atoms with Crippen LogP contribution in [0.4, 0.5) is 5.82 Å². The molecule has 20 heavy (non-hydrogen) atoms. The van der Waals surface area contributed by atoms with E-state index in [-0.39, 0.29) is 0 Å². The molecule has 0 aliphatic carbocycles. The first kappa shape index (κ1) is 11.9. The summed E-state index contributed by atoms with van der Waals surface area (Å²) >= 11 is 0. The Hall–Kier alpha value is -3.21. The Kier molecular flexibility index (Phi) is 2.47. The van der Waals surface area contributed by atoms with Crippen molar-refractivity contribution < 1.29 is 9.59 Å². The number of anilines is 1. The van der Waals surface area contributed by atoms with Crippen molar-refractivity contribution in [2.75, 3.05) is 5.43 Å². The molecular formula is C12H8N6O2. The van der Waals surface area contributed by atoms with Crippen molar-refractivity contribution in [3.63, 3.8) is 0 Å². The minimum Gasteiger partial charge on any atom is -0.271 e. The van der Waals surface area contributed by atoms with Crippen LogP contribution in [0.25, 0.3) is 5.65 Å². The zero-order chi connectivity index (χ0) is 14.3. The summed E-state index contributed by atoms with van der Waals surface area (Å²) in [4.78, 5) is 27.3. The third-order valence-corrected chi connectivity index (χ3v) is 2.76. The van der Waals surface area contributed by atoms with Gasteiger partial charge in [0.05, 0.1) is 6.20 Å². The van der Waals surface area contributed by atoms with Gasteiger partial charge in [-0.05, 0) is 6.92 Å². The molecule has 0 atom stereocenters. The van der Waals surface area contributed by atoms with E-state index in [1.807, 2.05) is 6.07 Å². The Balaban J connectivity index is 2.08. The molecule has 0 aromatic carbocycles. The van der Waals surface area contributed by atoms with Crippen molar-refractivity contribution in [2.24, 2.45) is 0 Å². The number of nitrogens with zero attached hydrogens (tertiary/aromatic N) is 5. The van der Waals surface area contributed by atoms with Crippen LogP contribution >= 0.6 is 0 Å². The molecule has 0 saturated carbocycles. The van der Waals surface area contributed by atoms with E-state index in [9.17, 15) is 9.59 Å². The first-order valence-electron chi connectivity index (χ1n) is 5.68. The predicted octanol–water partition coefficient (Wildman–Crippen LogP) is 0.161. The molecule has 98 valence electrons. The van der Waals surface area contributed by atoms with Gasteiger partial charge in [-0.3, -0.25) is 15.0 Å². The van der Waals surface area contributed by atoms with E-state index in [2.05, 4.69) is 15.5 Å². The van der Waals surface area contributed by atoms with Gasteiger partial charge < -0.3 is 0 Å². The molecule has 2 amide bonds. The number of aromatic nitrogens is 3. The average molecular weight is 268 g/mol. The minimum absolute atomic E-state index is 0.314. The highest BCUT2D eigenvalue weighted by Crippen LogP contribution is 2.17. The van der Waals surface area contributed by atoms with Gasteiger partial charge in [-0.25, -0.2) is 4.98 Å². The quantitative estimate of drug-likeness (QED) is 0.778. The molecule has 1 aliphatic heterocycles. The number of amides is 2. The Morgan fingerprint density at radius 2 is 2.00 bits per heavy atom. The van der Waals surface area contributed by atoms with Gasteiger partial charge in [0.25, 0.3) is 11.8 Å². The van der Waals surface area contributed by atoms with Crippen molar-refractivity contribution in [3.05, 3.63) is 35.7 Å². The van der Waals surface area contributed by atoms with Crippen LogP contribution in [0.5, 0.6) is 0 Å². The summed E-state index contributed by atoms with van der Waals surface area (Å²) in [6, 6.07) is 3.61. The Labute approximate surface area is 112 Å². The van der Waals surface area contributed by atoms with Crippen LogP contribution in [0.1, 0.15) is 11.3 Å². The number of hydrogen-bond acceptors (Lipinski definition) is 6. The molecule has 0 fully saturated rings. The van der Waals surface area contributed by atoms with Crippen molar-refractivity contribution in [2.45, 2.75) is 6.92 Å². The van der Waals surface area contributed by atoms with Crippen molar-refractivity contribution >= 4 is 23.3 Å². The Morgan fingerprint density at radius 1 is 1.30 bits per heavy atom. The highest BCUT2D eigenvalue weighted by molar-refractivity contribution is 6.13. The molecule has 3 heterocycles. The number of nitriles is 1. The maximum absolute atomic E-state index is 11.5. The Bertz CT molecular complexity index is 795. The van der Waals surface area contributed by atoms with E-state index in [1.54, 1.807) is 13.0 Å². The fourth-order valence-corrected chi connectivity index (χ4v) is 1.87. The number of hydrogen-bond donors (Lipinski definition) is 1. The number of fused-ring (bicyclic) bond motifs is 1. The molecular weight excluding hydrogens is 260 g/mol. The van der Waals surface area contributed by atoms with Gasteiger partial charge in [-0.15, -0.1) is 0 Å². The van der Waals surface area contributed by atoms with E-state index < -0.39 is 11.8 Å². The van der Waals surface area contributed by atoms with Gasteiger partial charge in [0, 0.05) is 23.9 Å². The number of rotatable bonds is 2. The molecule has 0 saturated heterocycles. The van der Waals surface area contributed by atoms with Gasteiger partial charge in [0.15, 0.2) is 11.5 Å². The number of imide groups is 1. The zero-order valence-corrected chi connectivity index (χ0v) is 10.4.